The Kier molecular flexibility index (Phi) is 6.55. The number of nitrogens with one attached hydrogen (secondary N) is 1. The van der Waals surface area contributed by atoms with E-state index in [0.29, 0.717) is 5.92 Å². The fourth-order valence-corrected chi connectivity index (χ4v) is 4.04. The zero-order valence-electron chi connectivity index (χ0n) is 18.1. The van der Waals surface area contributed by atoms with Crippen LogP contribution in [0.3, 0.4) is 0 Å². The van der Waals surface area contributed by atoms with Crippen LogP contribution in [0, 0.1) is 12.8 Å². The molecule has 1 amide bonds. The smallest absolute Gasteiger partial charge is 0.258 e. The number of hydrogen-bond acceptors (Lipinski definition) is 2. The quantitative estimate of drug-likeness (QED) is 0.832. The summed E-state index contributed by atoms with van der Waals surface area (Å²) in [6, 6.07) is 8.40. The molecule has 1 aromatic carbocycles. The van der Waals surface area contributed by atoms with E-state index in [1.807, 2.05) is 9.58 Å². The lowest BCUT2D eigenvalue weighted by atomic mass is 10.0. The minimum atomic E-state index is 0.168. The first-order chi connectivity index (χ1) is 13.4. The maximum absolute atomic E-state index is 13.5. The highest BCUT2D eigenvalue weighted by molar-refractivity contribution is 5.96. The zero-order chi connectivity index (χ0) is 20.3. The third kappa shape index (κ3) is 4.30. The molecule has 28 heavy (non-hydrogen) atoms. The average Bonchev–Trinajstić information content (AvgIpc) is 3.05. The number of amides is 1. The average molecular weight is 384 g/mol. The van der Waals surface area contributed by atoms with Crippen LogP contribution in [0.2, 0.25) is 0 Å². The SMILES string of the molecule is CCc1c(C(=O)N2CC[NH+](CC)CC2)c(CC(C)C)nn1-c1ccc(C)cc1. The number of piperazine rings is 1. The lowest BCUT2D eigenvalue weighted by Crippen LogP contribution is -3.14. The molecule has 1 aliphatic rings. The number of benzene rings is 1. The summed E-state index contributed by atoms with van der Waals surface area (Å²) in [5, 5.41) is 4.93. The lowest BCUT2D eigenvalue weighted by molar-refractivity contribution is -0.902. The first-order valence-electron chi connectivity index (χ1n) is 10.7. The molecule has 0 aliphatic carbocycles. The van der Waals surface area contributed by atoms with E-state index < -0.39 is 0 Å². The van der Waals surface area contributed by atoms with Crippen LogP contribution in [0.25, 0.3) is 5.69 Å². The van der Waals surface area contributed by atoms with E-state index in [4.69, 9.17) is 5.10 Å². The van der Waals surface area contributed by atoms with E-state index in [-0.39, 0.29) is 5.91 Å². The molecule has 1 aromatic heterocycles. The van der Waals surface area contributed by atoms with Gasteiger partial charge in [0, 0.05) is 0 Å². The van der Waals surface area contributed by atoms with Crippen molar-refractivity contribution in [2.45, 2.75) is 47.5 Å². The topological polar surface area (TPSA) is 42.6 Å². The fraction of sp³-hybridized carbons (Fsp3) is 0.565. The van der Waals surface area contributed by atoms with Gasteiger partial charge in [-0.1, -0.05) is 38.5 Å². The molecule has 1 N–H and O–H groups in total. The molecule has 3 rings (SSSR count). The molecule has 0 radical (unpaired) electrons. The molecule has 0 saturated carbocycles. The lowest BCUT2D eigenvalue weighted by Gasteiger charge is -2.31. The van der Waals surface area contributed by atoms with Crippen molar-refractivity contribution in [1.29, 1.82) is 0 Å². The number of aromatic nitrogens is 2. The van der Waals surface area contributed by atoms with Crippen LogP contribution < -0.4 is 4.90 Å². The number of hydrogen-bond donors (Lipinski definition) is 1. The van der Waals surface area contributed by atoms with Gasteiger partial charge in [-0.05, 0) is 44.7 Å². The van der Waals surface area contributed by atoms with Crippen molar-refractivity contribution in [1.82, 2.24) is 14.7 Å². The first-order valence-corrected chi connectivity index (χ1v) is 10.7. The van der Waals surface area contributed by atoms with Crippen molar-refractivity contribution in [2.75, 3.05) is 32.7 Å². The summed E-state index contributed by atoms with van der Waals surface area (Å²) in [5.41, 5.74) is 5.09. The third-order valence-corrected chi connectivity index (χ3v) is 5.74. The summed E-state index contributed by atoms with van der Waals surface area (Å²) in [7, 11) is 0. The second-order valence-electron chi connectivity index (χ2n) is 8.36. The van der Waals surface area contributed by atoms with E-state index in [2.05, 4.69) is 58.9 Å². The summed E-state index contributed by atoms with van der Waals surface area (Å²) in [4.78, 5) is 17.2. The summed E-state index contributed by atoms with van der Waals surface area (Å²) < 4.78 is 2.00. The standard InChI is InChI=1S/C23H34N4O/c1-6-21-22(23(28)26-14-12-25(7-2)13-15-26)20(16-17(3)4)24-27(21)19-10-8-18(5)9-11-19/h8-11,17H,6-7,12-16H2,1-5H3/p+1. The number of quaternary nitrogens is 1. The van der Waals surface area contributed by atoms with Crippen LogP contribution in [-0.4, -0.2) is 53.3 Å². The normalized spacial score (nSPS) is 15.4. The van der Waals surface area contributed by atoms with E-state index >= 15 is 0 Å². The van der Waals surface area contributed by atoms with Gasteiger partial charge in [0.05, 0.1) is 55.4 Å². The van der Waals surface area contributed by atoms with Crippen LogP contribution in [-0.2, 0) is 12.8 Å². The Bertz CT molecular complexity index is 799. The molecular weight excluding hydrogens is 348 g/mol. The highest BCUT2D eigenvalue weighted by Crippen LogP contribution is 2.24. The number of nitrogens with zero attached hydrogens (tertiary/aromatic N) is 3. The monoisotopic (exact) mass is 383 g/mol. The van der Waals surface area contributed by atoms with Crippen molar-refractivity contribution in [3.8, 4) is 5.69 Å². The minimum Gasteiger partial charge on any atom is -0.332 e. The molecule has 1 saturated heterocycles. The van der Waals surface area contributed by atoms with Gasteiger partial charge in [0.15, 0.2) is 0 Å². The summed E-state index contributed by atoms with van der Waals surface area (Å²) in [5.74, 6) is 0.625. The van der Waals surface area contributed by atoms with Gasteiger partial charge in [0.25, 0.3) is 5.91 Å². The van der Waals surface area contributed by atoms with Crippen molar-refractivity contribution >= 4 is 5.91 Å². The molecule has 0 atom stereocenters. The Labute approximate surface area is 169 Å². The zero-order valence-corrected chi connectivity index (χ0v) is 18.1. The van der Waals surface area contributed by atoms with Gasteiger partial charge in [0.2, 0.25) is 0 Å². The molecule has 0 bridgehead atoms. The predicted octanol–water partition coefficient (Wildman–Crippen LogP) is 2.30. The van der Waals surface area contributed by atoms with E-state index in [1.54, 1.807) is 4.90 Å². The second kappa shape index (κ2) is 8.91. The Hall–Kier alpha value is -2.14. The van der Waals surface area contributed by atoms with Gasteiger partial charge >= 0.3 is 0 Å². The van der Waals surface area contributed by atoms with Crippen molar-refractivity contribution < 1.29 is 9.69 Å². The fourth-order valence-electron chi connectivity index (χ4n) is 4.04. The summed E-state index contributed by atoms with van der Waals surface area (Å²) in [6.07, 6.45) is 1.62. The minimum absolute atomic E-state index is 0.168. The van der Waals surface area contributed by atoms with Crippen LogP contribution in [0.1, 0.15) is 55.0 Å². The molecule has 0 unspecified atom stereocenters. The van der Waals surface area contributed by atoms with Crippen molar-refractivity contribution in [3.05, 3.63) is 46.8 Å². The molecule has 1 fully saturated rings. The maximum atomic E-state index is 13.5. The summed E-state index contributed by atoms with van der Waals surface area (Å²) >= 11 is 0. The number of likely N-dealkylation sites (N-methyl/N-ethyl adjacent to an activating group) is 1. The molecular formula is C23H35N4O+. The number of aryl methyl sites for hydroxylation is 1. The first kappa shape index (κ1) is 20.6. The van der Waals surface area contributed by atoms with Crippen LogP contribution >= 0.6 is 0 Å². The number of rotatable bonds is 6. The largest absolute Gasteiger partial charge is 0.332 e. The van der Waals surface area contributed by atoms with Gasteiger partial charge in [-0.3, -0.25) is 4.79 Å². The van der Waals surface area contributed by atoms with Gasteiger partial charge in [-0.15, -0.1) is 0 Å². The highest BCUT2D eigenvalue weighted by Gasteiger charge is 2.30. The molecule has 152 valence electrons. The van der Waals surface area contributed by atoms with E-state index in [0.717, 1.165) is 68.2 Å². The Morgan fingerprint density at radius 1 is 1.14 bits per heavy atom. The van der Waals surface area contributed by atoms with Crippen molar-refractivity contribution in [3.63, 3.8) is 0 Å². The molecule has 2 heterocycles. The molecule has 5 heteroatoms. The summed E-state index contributed by atoms with van der Waals surface area (Å²) in [6.45, 7) is 15.7. The molecule has 0 spiro atoms. The molecule has 5 nitrogen and oxygen atoms in total. The Balaban J connectivity index is 2.00. The highest BCUT2D eigenvalue weighted by atomic mass is 16.2. The van der Waals surface area contributed by atoms with Crippen molar-refractivity contribution in [2.24, 2.45) is 5.92 Å². The van der Waals surface area contributed by atoms with Gasteiger partial charge < -0.3 is 9.80 Å². The van der Waals surface area contributed by atoms with E-state index in [1.165, 1.54) is 5.56 Å². The van der Waals surface area contributed by atoms with Gasteiger partial charge in [-0.2, -0.15) is 5.10 Å². The predicted molar refractivity (Wildman–Crippen MR) is 113 cm³/mol. The third-order valence-electron chi connectivity index (χ3n) is 5.74. The maximum Gasteiger partial charge on any atom is 0.258 e. The Morgan fingerprint density at radius 2 is 1.79 bits per heavy atom. The second-order valence-corrected chi connectivity index (χ2v) is 8.36. The number of carbonyl (C=O) groups is 1. The van der Waals surface area contributed by atoms with E-state index in [9.17, 15) is 4.79 Å². The molecule has 1 aliphatic heterocycles. The van der Waals surface area contributed by atoms with Crippen LogP contribution in [0.5, 0.6) is 0 Å². The van der Waals surface area contributed by atoms with Crippen LogP contribution in [0.4, 0.5) is 0 Å². The molecule has 2 aromatic rings. The Morgan fingerprint density at radius 3 is 2.32 bits per heavy atom. The number of carbonyl (C=O) groups excluding carboxylic acids is 1. The van der Waals surface area contributed by atoms with Gasteiger partial charge in [0.1, 0.15) is 0 Å². The van der Waals surface area contributed by atoms with Gasteiger partial charge in [-0.25, -0.2) is 4.68 Å². The van der Waals surface area contributed by atoms with Crippen LogP contribution in [0.15, 0.2) is 24.3 Å².